The van der Waals surface area contributed by atoms with Crippen LogP contribution in [0.4, 0.5) is 0 Å². The van der Waals surface area contributed by atoms with Gasteiger partial charge in [0.05, 0.1) is 26.2 Å². The van der Waals surface area contributed by atoms with Gasteiger partial charge in [-0.3, -0.25) is 24.8 Å². The van der Waals surface area contributed by atoms with E-state index >= 15 is 0 Å². The van der Waals surface area contributed by atoms with Crippen LogP contribution in [-0.2, 0) is 14.1 Å². The van der Waals surface area contributed by atoms with Gasteiger partial charge in [0, 0.05) is 25.7 Å². The Hall–Kier alpha value is -1.44. The third kappa shape index (κ3) is 7.99. The Morgan fingerprint density at radius 2 is 2.04 bits per heavy atom. The molecular formula is C18H30N3O5P. The predicted octanol–water partition coefficient (Wildman–Crippen LogP) is 2.20. The molecule has 1 unspecified atom stereocenters. The lowest BCUT2D eigenvalue weighted by molar-refractivity contribution is -0.166. The van der Waals surface area contributed by atoms with Crippen molar-refractivity contribution < 1.29 is 23.8 Å². The first-order valence-corrected chi connectivity index (χ1v) is 11.3. The Labute approximate surface area is 160 Å². The van der Waals surface area contributed by atoms with Crippen LogP contribution >= 0.6 is 7.37 Å². The molecule has 2 N–H and O–H groups in total. The zero-order valence-corrected chi connectivity index (χ0v) is 16.8. The summed E-state index contributed by atoms with van der Waals surface area (Å²) in [4.78, 5) is 14.2. The van der Waals surface area contributed by atoms with Crippen molar-refractivity contribution in [3.05, 3.63) is 30.3 Å². The number of ether oxygens (including phenoxy) is 1. The predicted molar refractivity (Wildman–Crippen MR) is 103 cm³/mol. The molecule has 1 atom stereocenters. The number of nitrogens with zero attached hydrogens (tertiary/aromatic N) is 2. The van der Waals surface area contributed by atoms with Gasteiger partial charge in [-0.2, -0.15) is 0 Å². The van der Waals surface area contributed by atoms with E-state index in [2.05, 4.69) is 10.2 Å². The van der Waals surface area contributed by atoms with E-state index in [0.29, 0.717) is 23.4 Å². The van der Waals surface area contributed by atoms with Gasteiger partial charge < -0.3 is 9.26 Å². The summed E-state index contributed by atoms with van der Waals surface area (Å²) in [6, 6.07) is 8.98. The van der Waals surface area contributed by atoms with Gasteiger partial charge in [0.15, 0.2) is 0 Å². The van der Waals surface area contributed by atoms with Gasteiger partial charge in [-0.05, 0) is 25.1 Å². The molecular weight excluding hydrogens is 369 g/mol. The second-order valence-corrected chi connectivity index (χ2v) is 9.21. The fourth-order valence-electron chi connectivity index (χ4n) is 2.70. The van der Waals surface area contributed by atoms with Crippen LogP contribution < -0.4 is 9.84 Å². The molecule has 1 aliphatic heterocycles. The number of hydrogen-bond donors (Lipinski definition) is 2. The van der Waals surface area contributed by atoms with Crippen molar-refractivity contribution in [2.45, 2.75) is 19.8 Å². The zero-order valence-electron chi connectivity index (χ0n) is 15.9. The molecule has 0 aliphatic carbocycles. The summed E-state index contributed by atoms with van der Waals surface area (Å²) in [6.07, 6.45) is 1.38. The molecule has 0 aromatic heterocycles. The Balaban J connectivity index is 1.66. The fraction of sp³-hybridized carbons (Fsp3) is 0.611. The molecule has 1 aromatic rings. The summed E-state index contributed by atoms with van der Waals surface area (Å²) in [7, 11) is -2.93. The number of hydroxylamine groups is 2. The van der Waals surface area contributed by atoms with Crippen LogP contribution in [0.15, 0.2) is 30.3 Å². The Kier molecular flexibility index (Phi) is 9.24. The summed E-state index contributed by atoms with van der Waals surface area (Å²) in [5, 5.41) is 13.4. The van der Waals surface area contributed by atoms with Gasteiger partial charge in [-0.25, -0.2) is 5.06 Å². The molecule has 2 rings (SSSR count). The molecule has 0 bridgehead atoms. The molecule has 0 saturated carbocycles. The highest BCUT2D eigenvalue weighted by Gasteiger charge is 2.22. The van der Waals surface area contributed by atoms with Gasteiger partial charge in [-0.1, -0.05) is 25.1 Å². The molecule has 1 saturated heterocycles. The minimum atomic E-state index is -2.93. The topological polar surface area (TPSA) is 91.3 Å². The van der Waals surface area contributed by atoms with Crippen LogP contribution in [0.25, 0.3) is 0 Å². The van der Waals surface area contributed by atoms with E-state index in [4.69, 9.17) is 9.26 Å². The largest absolute Gasteiger partial charge is 0.442 e. The number of para-hydroxylation sites is 1. The third-order valence-corrected chi connectivity index (χ3v) is 6.58. The number of benzene rings is 1. The highest BCUT2D eigenvalue weighted by Crippen LogP contribution is 2.45. The molecule has 9 heteroatoms. The third-order valence-electron chi connectivity index (χ3n) is 4.37. The molecule has 1 heterocycles. The number of carbonyl (C=O) groups is 1. The number of nitrogens with one attached hydrogen (secondary N) is 1. The molecule has 1 amide bonds. The highest BCUT2D eigenvalue weighted by molar-refractivity contribution is 7.59. The van der Waals surface area contributed by atoms with Crippen molar-refractivity contribution >= 4 is 13.3 Å². The molecule has 1 aliphatic rings. The monoisotopic (exact) mass is 399 g/mol. The normalized spacial score (nSPS) is 17.3. The van der Waals surface area contributed by atoms with Crippen molar-refractivity contribution in [2.75, 3.05) is 52.0 Å². The molecule has 1 fully saturated rings. The molecule has 0 spiro atoms. The van der Waals surface area contributed by atoms with E-state index in [1.165, 1.54) is 0 Å². The van der Waals surface area contributed by atoms with Crippen LogP contribution in [0, 0.1) is 0 Å². The van der Waals surface area contributed by atoms with Crippen LogP contribution in [0.5, 0.6) is 5.75 Å². The molecule has 0 radical (unpaired) electrons. The first kappa shape index (κ1) is 21.9. The second kappa shape index (κ2) is 11.4. The number of hydrogen-bond acceptors (Lipinski definition) is 7. The first-order chi connectivity index (χ1) is 13.0. The minimum Gasteiger partial charge on any atom is -0.442 e. The number of morpholine rings is 1. The average Bonchev–Trinajstić information content (AvgIpc) is 2.69. The van der Waals surface area contributed by atoms with Crippen molar-refractivity contribution in [3.8, 4) is 5.75 Å². The summed E-state index contributed by atoms with van der Waals surface area (Å²) < 4.78 is 23.7. The van der Waals surface area contributed by atoms with Crippen LogP contribution in [0.1, 0.15) is 19.8 Å². The summed E-state index contributed by atoms with van der Waals surface area (Å²) >= 11 is 0. The Morgan fingerprint density at radius 3 is 2.70 bits per heavy atom. The maximum absolute atomic E-state index is 12.8. The van der Waals surface area contributed by atoms with E-state index in [1.807, 2.05) is 18.2 Å². The van der Waals surface area contributed by atoms with Crippen molar-refractivity contribution in [1.82, 2.24) is 15.3 Å². The van der Waals surface area contributed by atoms with E-state index in [-0.39, 0.29) is 25.3 Å². The molecule has 152 valence electrons. The Bertz CT molecular complexity index is 610. The van der Waals surface area contributed by atoms with Crippen LogP contribution in [-0.4, -0.2) is 73.0 Å². The molecule has 1 aromatic carbocycles. The van der Waals surface area contributed by atoms with Crippen LogP contribution in [0.3, 0.4) is 0 Å². The smallest absolute Gasteiger partial charge is 0.261 e. The minimum absolute atomic E-state index is 0.0799. The van der Waals surface area contributed by atoms with Crippen molar-refractivity contribution in [2.24, 2.45) is 0 Å². The average molecular weight is 399 g/mol. The Morgan fingerprint density at radius 1 is 1.33 bits per heavy atom. The summed E-state index contributed by atoms with van der Waals surface area (Å²) in [5.74, 6) is 0.190. The number of rotatable bonds is 11. The number of amides is 1. The van der Waals surface area contributed by atoms with Gasteiger partial charge >= 0.3 is 0 Å². The van der Waals surface area contributed by atoms with E-state index in [9.17, 15) is 14.6 Å². The second-order valence-electron chi connectivity index (χ2n) is 6.45. The SMILES string of the molecule is CCP(=O)(CNCN(O)C(=O)CCCN1CCOCC1)Oc1ccccc1. The van der Waals surface area contributed by atoms with Crippen molar-refractivity contribution in [1.29, 1.82) is 0 Å². The van der Waals surface area contributed by atoms with E-state index in [1.54, 1.807) is 19.1 Å². The molecule has 27 heavy (non-hydrogen) atoms. The lowest BCUT2D eigenvalue weighted by Gasteiger charge is -2.26. The number of carbonyl (C=O) groups excluding carboxylic acids is 1. The maximum atomic E-state index is 12.8. The quantitative estimate of drug-likeness (QED) is 0.255. The lowest BCUT2D eigenvalue weighted by atomic mass is 10.2. The maximum Gasteiger partial charge on any atom is 0.261 e. The van der Waals surface area contributed by atoms with E-state index in [0.717, 1.165) is 32.8 Å². The summed E-state index contributed by atoms with van der Waals surface area (Å²) in [5.41, 5.74) is 0. The van der Waals surface area contributed by atoms with Crippen molar-refractivity contribution in [3.63, 3.8) is 0 Å². The van der Waals surface area contributed by atoms with Gasteiger partial charge in [-0.15, -0.1) is 0 Å². The fourth-order valence-corrected chi connectivity index (χ4v) is 4.07. The first-order valence-electron chi connectivity index (χ1n) is 9.35. The van der Waals surface area contributed by atoms with Gasteiger partial charge in [0.25, 0.3) is 7.37 Å². The highest BCUT2D eigenvalue weighted by atomic mass is 31.2. The van der Waals surface area contributed by atoms with Gasteiger partial charge in [0.2, 0.25) is 5.91 Å². The lowest BCUT2D eigenvalue weighted by Crippen LogP contribution is -2.39. The van der Waals surface area contributed by atoms with Crippen LogP contribution in [0.2, 0.25) is 0 Å². The molecule has 8 nitrogen and oxygen atoms in total. The summed E-state index contributed by atoms with van der Waals surface area (Å²) in [6.45, 7) is 5.74. The standard InChI is InChI=1S/C18H30N3O5P/c1-2-27(24,26-17-7-4-3-5-8-17)16-19-15-21(23)18(22)9-6-10-20-11-13-25-14-12-20/h3-5,7-8,19,23H,2,6,9-16H2,1H3. The van der Waals surface area contributed by atoms with E-state index < -0.39 is 7.37 Å². The zero-order chi connectivity index (χ0) is 19.5. The van der Waals surface area contributed by atoms with Gasteiger partial charge in [0.1, 0.15) is 5.75 Å².